The molecular formula is C38H36F2N8O6. The summed E-state index contributed by atoms with van der Waals surface area (Å²) in [6.45, 7) is 10.6. The van der Waals surface area contributed by atoms with Crippen LogP contribution in [0, 0.1) is 39.3 Å². The number of fused-ring (bicyclic) bond motifs is 4. The van der Waals surface area contributed by atoms with Crippen molar-refractivity contribution < 1.29 is 37.6 Å². The lowest BCUT2D eigenvalue weighted by Gasteiger charge is -2.09. The number of aliphatic hydroxyl groups excluding tert-OH is 1. The number of Topliss-reactive ketones (excluding diaryl/α,β-unsaturated/α-hetero) is 1. The van der Waals surface area contributed by atoms with Crippen molar-refractivity contribution in [3.8, 4) is 34.8 Å². The van der Waals surface area contributed by atoms with Gasteiger partial charge in [-0.05, 0) is 77.9 Å². The molecule has 0 radical (unpaired) electrons. The van der Waals surface area contributed by atoms with Gasteiger partial charge in [0.25, 0.3) is 0 Å². The van der Waals surface area contributed by atoms with Gasteiger partial charge in [0, 0.05) is 44.3 Å². The molecule has 3 N–H and O–H groups in total. The van der Waals surface area contributed by atoms with Crippen molar-refractivity contribution in [1.29, 1.82) is 0 Å². The van der Waals surface area contributed by atoms with E-state index in [9.17, 15) is 18.7 Å². The monoisotopic (exact) mass is 738 g/mol. The van der Waals surface area contributed by atoms with Crippen molar-refractivity contribution in [2.75, 3.05) is 13.2 Å². The molecule has 0 aliphatic heterocycles. The minimum absolute atomic E-state index is 0.0422. The summed E-state index contributed by atoms with van der Waals surface area (Å²) < 4.78 is 55.4. The first-order valence-electron chi connectivity index (χ1n) is 16.9. The van der Waals surface area contributed by atoms with Crippen LogP contribution >= 0.6 is 0 Å². The second kappa shape index (κ2) is 14.5. The average Bonchev–Trinajstić information content (AvgIpc) is 3.89. The molecule has 1 atom stereocenters. The van der Waals surface area contributed by atoms with E-state index < -0.39 is 17.7 Å². The largest absolute Gasteiger partial charge is 0.489 e. The number of hydrogen-bond donors (Lipinski definition) is 3. The zero-order chi connectivity index (χ0) is 38.3. The molecule has 2 aromatic carbocycles. The number of ketones is 1. The molecule has 0 fully saturated rings. The predicted octanol–water partition coefficient (Wildman–Crippen LogP) is 7.25. The van der Waals surface area contributed by atoms with Crippen LogP contribution in [0.2, 0.25) is 0 Å². The van der Waals surface area contributed by atoms with Gasteiger partial charge in [0.15, 0.2) is 28.9 Å². The van der Waals surface area contributed by atoms with E-state index in [2.05, 4.69) is 30.1 Å². The Balaban J connectivity index is 0.000000167. The number of aromatic amines is 2. The zero-order valence-corrected chi connectivity index (χ0v) is 30.2. The van der Waals surface area contributed by atoms with E-state index in [4.69, 9.17) is 18.9 Å². The third kappa shape index (κ3) is 6.98. The van der Waals surface area contributed by atoms with Gasteiger partial charge < -0.3 is 34.0 Å². The van der Waals surface area contributed by atoms with E-state index >= 15 is 0 Å². The van der Waals surface area contributed by atoms with Crippen LogP contribution in [0.15, 0.2) is 61.4 Å². The number of ether oxygens (including phenoxy) is 4. The van der Waals surface area contributed by atoms with E-state index in [1.54, 1.807) is 67.2 Å². The van der Waals surface area contributed by atoms with Crippen molar-refractivity contribution in [3.63, 3.8) is 0 Å². The number of rotatable bonds is 10. The number of hydrogen-bond acceptors (Lipinski definition) is 10. The Morgan fingerprint density at radius 1 is 0.759 bits per heavy atom. The Labute approximate surface area is 306 Å². The van der Waals surface area contributed by atoms with Crippen molar-refractivity contribution >= 4 is 38.6 Å². The molecular weight excluding hydrogens is 702 g/mol. The number of nitrogens with one attached hydrogen (secondary N) is 2. The fourth-order valence-electron chi connectivity index (χ4n) is 5.98. The van der Waals surface area contributed by atoms with E-state index in [0.717, 1.165) is 17.0 Å². The van der Waals surface area contributed by atoms with Gasteiger partial charge in [-0.15, -0.1) is 0 Å². The highest BCUT2D eigenvalue weighted by Crippen LogP contribution is 2.36. The number of nitrogens with zero attached hydrogens (tertiary/aromatic N) is 6. The van der Waals surface area contributed by atoms with Crippen LogP contribution < -0.4 is 18.9 Å². The summed E-state index contributed by atoms with van der Waals surface area (Å²) in [6, 6.07) is 10.1. The van der Waals surface area contributed by atoms with Crippen LogP contribution in [0.3, 0.4) is 0 Å². The van der Waals surface area contributed by atoms with Gasteiger partial charge in [0.2, 0.25) is 11.8 Å². The standard InChI is InChI=1S/C19H19FN4O3.C19H17FN4O3/c2*1-10-6-13-14(23-10)4-5-15(17(13)20)27-19-18-12(3)16(26-8-11(2)25)7-24(18)22-9-21-19/h4-7,9,11,23,25H,8H2,1-3H3;4-7,9,23H,8H2,1-3H3/t11-;/m0./s1. The van der Waals surface area contributed by atoms with E-state index in [1.807, 2.05) is 20.8 Å². The van der Waals surface area contributed by atoms with Gasteiger partial charge in [0.1, 0.15) is 48.4 Å². The van der Waals surface area contributed by atoms with Crippen LogP contribution in [0.5, 0.6) is 34.8 Å². The Morgan fingerprint density at radius 2 is 1.22 bits per heavy atom. The molecule has 0 saturated heterocycles. The minimum Gasteiger partial charge on any atom is -0.489 e. The summed E-state index contributed by atoms with van der Waals surface area (Å²) in [5.74, 6) is 0.596. The number of benzene rings is 2. The fraction of sp³-hybridized carbons (Fsp3) is 0.237. The van der Waals surface area contributed by atoms with Gasteiger partial charge in [0.05, 0.1) is 18.5 Å². The van der Waals surface area contributed by atoms with Crippen LogP contribution in [0.1, 0.15) is 36.4 Å². The molecule has 54 heavy (non-hydrogen) atoms. The lowest BCUT2D eigenvalue weighted by molar-refractivity contribution is -0.118. The lowest BCUT2D eigenvalue weighted by atomic mass is 10.2. The minimum atomic E-state index is -0.597. The number of aromatic nitrogens is 8. The number of carbonyl (C=O) groups is 1. The first kappa shape index (κ1) is 35.8. The van der Waals surface area contributed by atoms with Crippen LogP contribution in [-0.2, 0) is 4.79 Å². The Morgan fingerprint density at radius 3 is 1.67 bits per heavy atom. The van der Waals surface area contributed by atoms with Gasteiger partial charge in [-0.25, -0.2) is 17.8 Å². The van der Waals surface area contributed by atoms with E-state index in [0.29, 0.717) is 49.9 Å². The van der Waals surface area contributed by atoms with Crippen LogP contribution in [0.25, 0.3) is 32.8 Å². The number of aryl methyl sites for hydroxylation is 4. The van der Waals surface area contributed by atoms with Crippen LogP contribution in [0.4, 0.5) is 8.78 Å². The fourth-order valence-corrected chi connectivity index (χ4v) is 5.98. The van der Waals surface area contributed by atoms with Crippen molar-refractivity contribution in [2.24, 2.45) is 0 Å². The molecule has 0 aliphatic carbocycles. The molecule has 0 aliphatic rings. The van der Waals surface area contributed by atoms with Crippen LogP contribution in [-0.4, -0.2) is 69.4 Å². The second-order valence-corrected chi connectivity index (χ2v) is 12.9. The van der Waals surface area contributed by atoms with Gasteiger partial charge >= 0.3 is 0 Å². The highest BCUT2D eigenvalue weighted by Gasteiger charge is 2.20. The van der Waals surface area contributed by atoms with Crippen molar-refractivity contribution in [3.05, 3.63) is 95.6 Å². The number of halogens is 2. The molecule has 8 rings (SSSR count). The smallest absolute Gasteiger partial charge is 0.247 e. The summed E-state index contributed by atoms with van der Waals surface area (Å²) in [6.07, 6.45) is 5.36. The Kier molecular flexibility index (Phi) is 9.60. The molecule has 0 spiro atoms. The first-order chi connectivity index (χ1) is 25.9. The maximum absolute atomic E-state index is 14.8. The number of H-pyrrole nitrogens is 2. The summed E-state index contributed by atoms with van der Waals surface area (Å²) in [4.78, 5) is 25.7. The van der Waals surface area contributed by atoms with Crippen molar-refractivity contribution in [2.45, 2.75) is 47.6 Å². The Hall–Kier alpha value is -6.55. The molecule has 8 aromatic rings. The summed E-state index contributed by atoms with van der Waals surface area (Å²) in [5, 5.41) is 18.6. The molecule has 14 nitrogen and oxygen atoms in total. The second-order valence-electron chi connectivity index (χ2n) is 12.9. The maximum Gasteiger partial charge on any atom is 0.247 e. The molecule has 0 bridgehead atoms. The SMILES string of the molecule is CC(=O)COc1cn2ncnc(Oc3ccc4[nH]c(C)cc4c3F)c2c1C.Cc1cc2c(F)c(Oc3ncnn4cc(OC[C@H](C)O)c(C)c34)ccc2[nH]1. The van der Waals surface area contributed by atoms with E-state index in [-0.39, 0.29) is 42.3 Å². The van der Waals surface area contributed by atoms with Crippen molar-refractivity contribution in [1.82, 2.24) is 39.2 Å². The summed E-state index contributed by atoms with van der Waals surface area (Å²) in [7, 11) is 0. The molecule has 16 heteroatoms. The maximum atomic E-state index is 14.8. The highest BCUT2D eigenvalue weighted by molar-refractivity contribution is 5.84. The highest BCUT2D eigenvalue weighted by atomic mass is 19.1. The molecule has 0 amide bonds. The topological polar surface area (TPSA) is 166 Å². The summed E-state index contributed by atoms with van der Waals surface area (Å²) >= 11 is 0. The lowest BCUT2D eigenvalue weighted by Crippen LogP contribution is -2.12. The third-order valence-corrected chi connectivity index (χ3v) is 8.49. The Bertz CT molecular complexity index is 2680. The molecule has 0 saturated carbocycles. The van der Waals surface area contributed by atoms with Gasteiger partial charge in [-0.1, -0.05) is 0 Å². The zero-order valence-electron chi connectivity index (χ0n) is 30.2. The average molecular weight is 739 g/mol. The van der Waals surface area contributed by atoms with Gasteiger partial charge in [-0.3, -0.25) is 4.79 Å². The quantitative estimate of drug-likeness (QED) is 0.130. The van der Waals surface area contributed by atoms with E-state index in [1.165, 1.54) is 24.1 Å². The number of carbonyl (C=O) groups excluding carboxylic acids is 1. The molecule has 6 aromatic heterocycles. The van der Waals surface area contributed by atoms with Gasteiger partial charge in [-0.2, -0.15) is 20.2 Å². The predicted molar refractivity (Wildman–Crippen MR) is 195 cm³/mol. The summed E-state index contributed by atoms with van der Waals surface area (Å²) in [5.41, 5.74) is 5.69. The third-order valence-electron chi connectivity index (χ3n) is 8.49. The molecule has 278 valence electrons. The number of aliphatic hydroxyl groups is 1. The molecule has 0 unspecified atom stereocenters. The first-order valence-corrected chi connectivity index (χ1v) is 16.9. The molecule has 6 heterocycles. The normalized spacial score (nSPS) is 11.9.